The second-order valence-corrected chi connectivity index (χ2v) is 7.52. The van der Waals surface area contributed by atoms with Crippen LogP contribution in [0.5, 0.6) is 0 Å². The SMILES string of the molecule is CC(C)OC1C(CO)OC(C(C)C)C(N(CCC(=O)O)CCC(=O)O)C1O. The van der Waals surface area contributed by atoms with Crippen molar-refractivity contribution in [3.8, 4) is 0 Å². The molecule has 0 bridgehead atoms. The van der Waals surface area contributed by atoms with E-state index in [1.54, 1.807) is 18.7 Å². The molecule has 1 fully saturated rings. The van der Waals surface area contributed by atoms with Gasteiger partial charge in [0.1, 0.15) is 18.3 Å². The quantitative estimate of drug-likeness (QED) is 0.388. The van der Waals surface area contributed by atoms with Crippen molar-refractivity contribution < 1.29 is 39.5 Å². The fourth-order valence-electron chi connectivity index (χ4n) is 3.46. The van der Waals surface area contributed by atoms with Gasteiger partial charge in [0.05, 0.1) is 37.7 Å². The highest BCUT2D eigenvalue weighted by Gasteiger charge is 2.49. The van der Waals surface area contributed by atoms with E-state index in [-0.39, 0.29) is 44.6 Å². The fraction of sp³-hybridized carbons (Fsp3) is 0.889. The van der Waals surface area contributed by atoms with Gasteiger partial charge in [-0.3, -0.25) is 14.5 Å². The molecule has 0 saturated carbocycles. The number of carboxylic acids is 2. The minimum absolute atomic E-state index is 0.0455. The first-order valence-electron chi connectivity index (χ1n) is 9.35. The largest absolute Gasteiger partial charge is 0.481 e. The fourth-order valence-corrected chi connectivity index (χ4v) is 3.46. The van der Waals surface area contributed by atoms with Gasteiger partial charge in [-0.05, 0) is 19.8 Å². The third-order valence-electron chi connectivity index (χ3n) is 4.64. The van der Waals surface area contributed by atoms with E-state index < -0.39 is 42.4 Å². The van der Waals surface area contributed by atoms with E-state index in [0.29, 0.717) is 0 Å². The molecule has 9 heteroatoms. The Hall–Kier alpha value is -1.26. The summed E-state index contributed by atoms with van der Waals surface area (Å²) in [6.45, 7) is 7.23. The Morgan fingerprint density at radius 3 is 1.96 bits per heavy atom. The summed E-state index contributed by atoms with van der Waals surface area (Å²) in [5.74, 6) is -2.06. The van der Waals surface area contributed by atoms with Gasteiger partial charge in [0.25, 0.3) is 0 Å². The van der Waals surface area contributed by atoms with Crippen molar-refractivity contribution >= 4 is 11.9 Å². The molecular weight excluding hydrogens is 358 g/mol. The van der Waals surface area contributed by atoms with Gasteiger partial charge in [0.15, 0.2) is 0 Å². The smallest absolute Gasteiger partial charge is 0.304 e. The van der Waals surface area contributed by atoms with Crippen LogP contribution >= 0.6 is 0 Å². The van der Waals surface area contributed by atoms with Crippen molar-refractivity contribution in [2.75, 3.05) is 19.7 Å². The van der Waals surface area contributed by atoms with Crippen molar-refractivity contribution in [2.45, 2.75) is 77.1 Å². The molecular formula is C18H33NO8. The maximum Gasteiger partial charge on any atom is 0.304 e. The molecule has 0 spiro atoms. The molecule has 27 heavy (non-hydrogen) atoms. The Labute approximate surface area is 159 Å². The third-order valence-corrected chi connectivity index (χ3v) is 4.64. The lowest BCUT2D eigenvalue weighted by Crippen LogP contribution is -2.66. The molecule has 1 saturated heterocycles. The van der Waals surface area contributed by atoms with Crippen LogP contribution in [0.15, 0.2) is 0 Å². The van der Waals surface area contributed by atoms with E-state index >= 15 is 0 Å². The van der Waals surface area contributed by atoms with E-state index in [1.165, 1.54) is 0 Å². The van der Waals surface area contributed by atoms with Crippen LogP contribution in [-0.4, -0.2) is 93.5 Å². The number of hydrogen-bond donors (Lipinski definition) is 4. The molecule has 5 unspecified atom stereocenters. The topological polar surface area (TPSA) is 137 Å². The maximum absolute atomic E-state index is 11.0. The number of aliphatic carboxylic acids is 2. The minimum atomic E-state index is -1.06. The summed E-state index contributed by atoms with van der Waals surface area (Å²) in [4.78, 5) is 23.7. The van der Waals surface area contributed by atoms with Crippen LogP contribution in [0.1, 0.15) is 40.5 Å². The second-order valence-electron chi connectivity index (χ2n) is 7.52. The normalized spacial score (nSPS) is 28.9. The van der Waals surface area contributed by atoms with E-state index in [9.17, 15) is 19.8 Å². The molecule has 1 rings (SSSR count). The zero-order valence-corrected chi connectivity index (χ0v) is 16.4. The number of aliphatic hydroxyl groups excluding tert-OH is 2. The van der Waals surface area contributed by atoms with E-state index in [4.69, 9.17) is 19.7 Å². The summed E-state index contributed by atoms with van der Waals surface area (Å²) in [5, 5.41) is 38.8. The average Bonchev–Trinajstić information content (AvgIpc) is 2.56. The number of carboxylic acid groups (broad SMARTS) is 2. The molecule has 0 aromatic rings. The molecule has 0 aliphatic carbocycles. The van der Waals surface area contributed by atoms with Gasteiger partial charge in [-0.15, -0.1) is 0 Å². The average molecular weight is 391 g/mol. The Balaban J connectivity index is 3.16. The number of hydrogen-bond acceptors (Lipinski definition) is 7. The molecule has 1 aliphatic rings. The van der Waals surface area contributed by atoms with Crippen molar-refractivity contribution in [1.29, 1.82) is 0 Å². The molecule has 0 amide bonds. The first-order valence-corrected chi connectivity index (χ1v) is 9.35. The lowest BCUT2D eigenvalue weighted by molar-refractivity contribution is -0.244. The van der Waals surface area contributed by atoms with E-state index in [0.717, 1.165) is 0 Å². The molecule has 0 aromatic heterocycles. The summed E-state index contributed by atoms with van der Waals surface area (Å²) >= 11 is 0. The number of aliphatic hydroxyl groups is 2. The highest BCUT2D eigenvalue weighted by Crippen LogP contribution is 2.31. The van der Waals surface area contributed by atoms with Crippen LogP contribution in [-0.2, 0) is 19.1 Å². The van der Waals surface area contributed by atoms with Crippen molar-refractivity contribution in [2.24, 2.45) is 5.92 Å². The molecule has 158 valence electrons. The number of rotatable bonds is 11. The first kappa shape index (κ1) is 23.8. The second kappa shape index (κ2) is 10.9. The predicted octanol–water partition coefficient (Wildman–Crippen LogP) is 0.177. The van der Waals surface area contributed by atoms with Gasteiger partial charge in [0, 0.05) is 13.1 Å². The highest BCUT2D eigenvalue weighted by molar-refractivity contribution is 5.67. The van der Waals surface area contributed by atoms with Gasteiger partial charge < -0.3 is 29.9 Å². The zero-order valence-electron chi connectivity index (χ0n) is 16.4. The predicted molar refractivity (Wildman–Crippen MR) is 96.5 cm³/mol. The van der Waals surface area contributed by atoms with Crippen LogP contribution in [0, 0.1) is 5.92 Å². The number of nitrogens with zero attached hydrogens (tertiary/aromatic N) is 1. The third kappa shape index (κ3) is 7.00. The lowest BCUT2D eigenvalue weighted by atomic mass is 9.85. The minimum Gasteiger partial charge on any atom is -0.481 e. The van der Waals surface area contributed by atoms with Crippen LogP contribution in [0.2, 0.25) is 0 Å². The standard InChI is InChI=1S/C18H33NO8/c1-10(2)17-15(19(7-5-13(21)22)8-6-14(23)24)16(25)18(26-11(3)4)12(9-20)27-17/h10-12,15-18,20,25H,5-9H2,1-4H3,(H,21,22)(H,23,24). The van der Waals surface area contributed by atoms with Crippen LogP contribution in [0.3, 0.4) is 0 Å². The van der Waals surface area contributed by atoms with E-state index in [1.807, 2.05) is 13.8 Å². The molecule has 5 atom stereocenters. The molecule has 0 aromatic carbocycles. The van der Waals surface area contributed by atoms with Crippen LogP contribution in [0.25, 0.3) is 0 Å². The van der Waals surface area contributed by atoms with Crippen LogP contribution in [0.4, 0.5) is 0 Å². The summed E-state index contributed by atoms with van der Waals surface area (Å²) in [6, 6.07) is -0.643. The first-order chi connectivity index (χ1) is 12.6. The summed E-state index contributed by atoms with van der Waals surface area (Å²) in [7, 11) is 0. The number of ether oxygens (including phenoxy) is 2. The zero-order chi connectivity index (χ0) is 20.7. The Morgan fingerprint density at radius 2 is 1.59 bits per heavy atom. The molecule has 1 heterocycles. The maximum atomic E-state index is 11.0. The van der Waals surface area contributed by atoms with Gasteiger partial charge in [0.2, 0.25) is 0 Å². The molecule has 0 radical (unpaired) electrons. The summed E-state index contributed by atoms with van der Waals surface area (Å²) in [6.07, 6.45) is -3.68. The van der Waals surface area contributed by atoms with Crippen molar-refractivity contribution in [3.63, 3.8) is 0 Å². The lowest BCUT2D eigenvalue weighted by Gasteiger charge is -2.50. The summed E-state index contributed by atoms with van der Waals surface area (Å²) in [5.41, 5.74) is 0. The molecule has 4 N–H and O–H groups in total. The highest BCUT2D eigenvalue weighted by atomic mass is 16.6. The van der Waals surface area contributed by atoms with Crippen LogP contribution < -0.4 is 0 Å². The monoisotopic (exact) mass is 391 g/mol. The molecule has 1 aliphatic heterocycles. The van der Waals surface area contributed by atoms with Crippen molar-refractivity contribution in [3.05, 3.63) is 0 Å². The number of carbonyl (C=O) groups is 2. The Morgan fingerprint density at radius 1 is 1.07 bits per heavy atom. The Kier molecular flexibility index (Phi) is 9.61. The Bertz CT molecular complexity index is 466. The van der Waals surface area contributed by atoms with Gasteiger partial charge >= 0.3 is 11.9 Å². The van der Waals surface area contributed by atoms with Crippen molar-refractivity contribution in [1.82, 2.24) is 4.90 Å². The van der Waals surface area contributed by atoms with Gasteiger partial charge in [-0.1, -0.05) is 13.8 Å². The van der Waals surface area contributed by atoms with E-state index in [2.05, 4.69) is 0 Å². The van der Waals surface area contributed by atoms with Gasteiger partial charge in [-0.2, -0.15) is 0 Å². The molecule has 9 nitrogen and oxygen atoms in total. The summed E-state index contributed by atoms with van der Waals surface area (Å²) < 4.78 is 11.8. The van der Waals surface area contributed by atoms with Gasteiger partial charge in [-0.25, -0.2) is 0 Å².